The van der Waals surface area contributed by atoms with E-state index in [-0.39, 0.29) is 12.5 Å². The fraction of sp³-hybridized carbons (Fsp3) is 0.389. The van der Waals surface area contributed by atoms with E-state index in [9.17, 15) is 5.11 Å². The van der Waals surface area contributed by atoms with Gasteiger partial charge in [0, 0.05) is 30.5 Å². The molecule has 0 bridgehead atoms. The third-order valence-corrected chi connectivity index (χ3v) is 3.56. The van der Waals surface area contributed by atoms with Gasteiger partial charge in [-0.3, -0.25) is 4.98 Å². The number of nitrogens with zero attached hydrogens (tertiary/aromatic N) is 1. The molecular formula is C18H23NO3. The van der Waals surface area contributed by atoms with Crippen molar-refractivity contribution in [3.05, 3.63) is 42.2 Å². The van der Waals surface area contributed by atoms with Crippen molar-refractivity contribution in [2.24, 2.45) is 0 Å². The second-order valence-electron chi connectivity index (χ2n) is 5.30. The summed E-state index contributed by atoms with van der Waals surface area (Å²) >= 11 is 0. The molecule has 0 amide bonds. The Bertz CT molecular complexity index is 613. The molecule has 0 saturated carbocycles. The average Bonchev–Trinajstić information content (AvgIpc) is 2.59. The molecule has 0 radical (unpaired) electrons. The first-order valence-corrected chi connectivity index (χ1v) is 7.56. The molecule has 1 unspecified atom stereocenters. The number of aliphatic hydroxyl groups excluding tert-OH is 1. The van der Waals surface area contributed by atoms with Gasteiger partial charge < -0.3 is 14.6 Å². The lowest BCUT2D eigenvalue weighted by molar-refractivity contribution is 0.273. The Balaban J connectivity index is 2.35. The second kappa shape index (κ2) is 7.80. The Labute approximate surface area is 131 Å². The average molecular weight is 301 g/mol. The van der Waals surface area contributed by atoms with Crippen molar-refractivity contribution in [3.8, 4) is 22.6 Å². The van der Waals surface area contributed by atoms with Crippen LogP contribution in [0.4, 0.5) is 0 Å². The van der Waals surface area contributed by atoms with Crippen molar-refractivity contribution in [2.45, 2.75) is 26.2 Å². The fourth-order valence-corrected chi connectivity index (χ4v) is 2.17. The first kappa shape index (κ1) is 16.3. The normalized spacial score (nSPS) is 12.0. The van der Waals surface area contributed by atoms with Gasteiger partial charge in [-0.25, -0.2) is 0 Å². The zero-order valence-corrected chi connectivity index (χ0v) is 13.4. The summed E-state index contributed by atoms with van der Waals surface area (Å²) in [5.74, 6) is 1.54. The number of rotatable bonds is 7. The maximum atomic E-state index is 9.29. The summed E-state index contributed by atoms with van der Waals surface area (Å²) in [5.41, 5.74) is 3.04. The van der Waals surface area contributed by atoms with Crippen LogP contribution in [0.3, 0.4) is 0 Å². The van der Waals surface area contributed by atoms with E-state index >= 15 is 0 Å². The van der Waals surface area contributed by atoms with Crippen LogP contribution in [-0.4, -0.2) is 30.4 Å². The van der Waals surface area contributed by atoms with E-state index in [0.717, 1.165) is 34.6 Å². The Kier molecular flexibility index (Phi) is 5.78. The highest BCUT2D eigenvalue weighted by molar-refractivity contribution is 5.67. The Hall–Kier alpha value is -2.07. The van der Waals surface area contributed by atoms with Gasteiger partial charge in [0.1, 0.15) is 0 Å². The summed E-state index contributed by atoms with van der Waals surface area (Å²) in [6.07, 6.45) is 4.56. The minimum absolute atomic E-state index is 0.0708. The number of methoxy groups -OCH3 is 1. The molecule has 4 heteroatoms. The third-order valence-electron chi connectivity index (χ3n) is 3.56. The maximum absolute atomic E-state index is 9.29. The number of aliphatic hydroxyl groups is 1. The number of aromatic nitrogens is 1. The Morgan fingerprint density at radius 2 is 1.95 bits per heavy atom. The lowest BCUT2D eigenvalue weighted by Gasteiger charge is -2.13. The number of pyridine rings is 1. The first-order valence-electron chi connectivity index (χ1n) is 7.56. The van der Waals surface area contributed by atoms with Crippen LogP contribution in [0.1, 0.15) is 31.7 Å². The highest BCUT2D eigenvalue weighted by Gasteiger charge is 2.10. The SMILES string of the molecule is CCCOc1cc(-c2cncc(C(C)CO)c2)ccc1OC. The largest absolute Gasteiger partial charge is 0.493 e. The predicted molar refractivity (Wildman–Crippen MR) is 87.5 cm³/mol. The second-order valence-corrected chi connectivity index (χ2v) is 5.30. The van der Waals surface area contributed by atoms with E-state index in [4.69, 9.17) is 9.47 Å². The van der Waals surface area contributed by atoms with Crippen LogP contribution in [0.25, 0.3) is 11.1 Å². The lowest BCUT2D eigenvalue weighted by atomic mass is 9.99. The summed E-state index contributed by atoms with van der Waals surface area (Å²) in [6, 6.07) is 7.92. The van der Waals surface area contributed by atoms with E-state index in [1.807, 2.05) is 31.3 Å². The fourth-order valence-electron chi connectivity index (χ4n) is 2.17. The predicted octanol–water partition coefficient (Wildman–Crippen LogP) is 3.64. The Morgan fingerprint density at radius 3 is 2.64 bits per heavy atom. The van der Waals surface area contributed by atoms with Crippen LogP contribution in [0, 0.1) is 0 Å². The van der Waals surface area contributed by atoms with Gasteiger partial charge in [-0.1, -0.05) is 19.9 Å². The lowest BCUT2D eigenvalue weighted by Crippen LogP contribution is -2.00. The molecule has 4 nitrogen and oxygen atoms in total. The molecule has 1 aromatic carbocycles. The molecule has 22 heavy (non-hydrogen) atoms. The molecule has 0 aliphatic heterocycles. The van der Waals surface area contributed by atoms with Crippen molar-refractivity contribution < 1.29 is 14.6 Å². The molecule has 0 saturated heterocycles. The summed E-state index contributed by atoms with van der Waals surface area (Å²) in [6.45, 7) is 4.81. The van der Waals surface area contributed by atoms with E-state index in [0.29, 0.717) is 6.61 Å². The molecular weight excluding hydrogens is 278 g/mol. The molecule has 1 atom stereocenters. The van der Waals surface area contributed by atoms with Crippen LogP contribution in [-0.2, 0) is 0 Å². The highest BCUT2D eigenvalue weighted by Crippen LogP contribution is 2.33. The number of hydrogen-bond acceptors (Lipinski definition) is 4. The molecule has 1 N–H and O–H groups in total. The minimum Gasteiger partial charge on any atom is -0.493 e. The van der Waals surface area contributed by atoms with Crippen LogP contribution in [0.2, 0.25) is 0 Å². The van der Waals surface area contributed by atoms with Gasteiger partial charge >= 0.3 is 0 Å². The molecule has 0 aliphatic rings. The molecule has 2 aromatic rings. The quantitative estimate of drug-likeness (QED) is 0.848. The van der Waals surface area contributed by atoms with Gasteiger partial charge in [0.15, 0.2) is 11.5 Å². The van der Waals surface area contributed by atoms with Crippen molar-refractivity contribution in [3.63, 3.8) is 0 Å². The van der Waals surface area contributed by atoms with Crippen LogP contribution >= 0.6 is 0 Å². The number of hydrogen-bond donors (Lipinski definition) is 1. The van der Waals surface area contributed by atoms with Crippen molar-refractivity contribution >= 4 is 0 Å². The van der Waals surface area contributed by atoms with E-state index in [2.05, 4.69) is 18.0 Å². The molecule has 0 spiro atoms. The van der Waals surface area contributed by atoms with Gasteiger partial charge in [0.2, 0.25) is 0 Å². The molecule has 118 valence electrons. The monoisotopic (exact) mass is 301 g/mol. The van der Waals surface area contributed by atoms with Gasteiger partial charge in [0.05, 0.1) is 13.7 Å². The standard InChI is InChI=1S/C18H23NO3/c1-4-7-22-18-9-14(5-6-17(18)21-3)16-8-15(10-19-11-16)13(2)12-20/h5-6,8-11,13,20H,4,7,12H2,1-3H3. The van der Waals surface area contributed by atoms with Crippen LogP contribution in [0.15, 0.2) is 36.7 Å². The maximum Gasteiger partial charge on any atom is 0.161 e. The zero-order valence-electron chi connectivity index (χ0n) is 13.4. The zero-order chi connectivity index (χ0) is 15.9. The summed E-state index contributed by atoms with van der Waals surface area (Å²) in [5, 5.41) is 9.29. The smallest absolute Gasteiger partial charge is 0.161 e. The van der Waals surface area contributed by atoms with Crippen molar-refractivity contribution in [1.82, 2.24) is 4.98 Å². The summed E-state index contributed by atoms with van der Waals surface area (Å²) in [7, 11) is 1.64. The van der Waals surface area contributed by atoms with E-state index in [1.54, 1.807) is 13.3 Å². The molecule has 2 rings (SSSR count). The Morgan fingerprint density at radius 1 is 1.14 bits per heavy atom. The number of ether oxygens (including phenoxy) is 2. The van der Waals surface area contributed by atoms with Gasteiger partial charge in [-0.15, -0.1) is 0 Å². The summed E-state index contributed by atoms with van der Waals surface area (Å²) in [4.78, 5) is 4.28. The first-order chi connectivity index (χ1) is 10.7. The van der Waals surface area contributed by atoms with Crippen LogP contribution < -0.4 is 9.47 Å². The minimum atomic E-state index is 0.0708. The van der Waals surface area contributed by atoms with Crippen molar-refractivity contribution in [1.29, 1.82) is 0 Å². The number of benzene rings is 1. The van der Waals surface area contributed by atoms with Gasteiger partial charge in [0.25, 0.3) is 0 Å². The molecule has 0 aliphatic carbocycles. The van der Waals surface area contributed by atoms with E-state index in [1.165, 1.54) is 0 Å². The van der Waals surface area contributed by atoms with Gasteiger partial charge in [-0.05, 0) is 35.7 Å². The van der Waals surface area contributed by atoms with E-state index < -0.39 is 0 Å². The topological polar surface area (TPSA) is 51.6 Å². The van der Waals surface area contributed by atoms with Crippen molar-refractivity contribution in [2.75, 3.05) is 20.3 Å². The van der Waals surface area contributed by atoms with Crippen LogP contribution in [0.5, 0.6) is 11.5 Å². The third kappa shape index (κ3) is 3.77. The van der Waals surface area contributed by atoms with Gasteiger partial charge in [-0.2, -0.15) is 0 Å². The molecule has 1 aromatic heterocycles. The molecule has 0 fully saturated rings. The molecule has 1 heterocycles. The summed E-state index contributed by atoms with van der Waals surface area (Å²) < 4.78 is 11.1. The highest BCUT2D eigenvalue weighted by atomic mass is 16.5.